The van der Waals surface area contributed by atoms with Crippen LogP contribution in [0.1, 0.15) is 155 Å². The van der Waals surface area contributed by atoms with E-state index in [0.717, 1.165) is 12.8 Å². The van der Waals surface area contributed by atoms with Crippen molar-refractivity contribution in [2.45, 2.75) is 155 Å². The van der Waals surface area contributed by atoms with Crippen molar-refractivity contribution in [3.05, 3.63) is 6.92 Å². The monoisotopic (exact) mass is 520 g/mol. The number of hydrogen-bond donors (Lipinski definition) is 4. The molecule has 0 radical (unpaired) electrons. The largest absolute Gasteiger partial charge is 1.00 e. The maximum Gasteiger partial charge on any atom is 1.00 e. The summed E-state index contributed by atoms with van der Waals surface area (Å²) in [5.41, 5.74) is 0. The van der Waals surface area contributed by atoms with Gasteiger partial charge in [-0.2, -0.15) is 6.42 Å². The van der Waals surface area contributed by atoms with Gasteiger partial charge in [0, 0.05) is 6.61 Å². The van der Waals surface area contributed by atoms with Gasteiger partial charge in [0.1, 0.15) is 0 Å². The Kier molecular flexibility index (Phi) is 48.5. The van der Waals surface area contributed by atoms with Gasteiger partial charge in [0.05, 0.1) is 0 Å². The first-order valence-corrected chi connectivity index (χ1v) is 15.1. The molecule has 0 rings (SSSR count). The van der Waals surface area contributed by atoms with Gasteiger partial charge in [-0.25, -0.2) is 4.57 Å². The van der Waals surface area contributed by atoms with E-state index in [1.54, 1.807) is 0 Å². The second-order valence-electron chi connectivity index (χ2n) is 8.81. The summed E-state index contributed by atoms with van der Waals surface area (Å²) in [5.74, 6) is 0. The Bertz CT molecular complexity index is 323. The van der Waals surface area contributed by atoms with Crippen LogP contribution in [0.3, 0.4) is 0 Å². The minimum absolute atomic E-state index is 0. The summed E-state index contributed by atoms with van der Waals surface area (Å²) < 4.78 is 8.88. The number of hydrogen-bond acceptors (Lipinski definition) is 2. The summed E-state index contributed by atoms with van der Waals surface area (Å²) in [6.07, 6.45) is 30.1. The molecule has 0 aromatic heterocycles. The topological polar surface area (TPSA) is 98.0 Å². The van der Waals surface area contributed by atoms with Crippen LogP contribution in [0.25, 0.3) is 0 Å². The average molecular weight is 521 g/mol. The molecule has 0 unspecified atom stereocenters. The molecule has 0 bridgehead atoms. The fraction of sp³-hybridized carbons (Fsp3) is 0.962. The molecule has 0 aliphatic rings. The van der Waals surface area contributed by atoms with Crippen LogP contribution in [0.2, 0.25) is 0 Å². The van der Waals surface area contributed by atoms with Crippen molar-refractivity contribution in [3.63, 3.8) is 0 Å². The van der Waals surface area contributed by atoms with Crippen LogP contribution in [0, 0.1) is 6.92 Å². The second-order valence-corrected chi connectivity index (χ2v) is 9.83. The summed E-state index contributed by atoms with van der Waals surface area (Å²) >= 11 is 0. The third kappa shape index (κ3) is 65.7. The normalized spacial score (nSPS) is 10.5. The number of phosphoric acid groups is 1. The number of aliphatic hydroxyl groups excluding tert-OH is 1. The molecule has 4 N–H and O–H groups in total. The first-order valence-electron chi connectivity index (χ1n) is 13.5. The Morgan fingerprint density at radius 1 is 0.515 bits per heavy atom. The van der Waals surface area contributed by atoms with E-state index < -0.39 is 7.82 Å². The maximum absolute atomic E-state index is 8.88. The zero-order valence-electron chi connectivity index (χ0n) is 22.6. The fourth-order valence-corrected chi connectivity index (χ4v) is 3.44. The molecule has 0 fully saturated rings. The Hall–Kier alpha value is 1.71. The van der Waals surface area contributed by atoms with Crippen molar-refractivity contribution in [1.82, 2.24) is 0 Å². The van der Waals surface area contributed by atoms with Crippen LogP contribution in [0.4, 0.5) is 0 Å². The molecular formula is C26H58KO5P. The van der Waals surface area contributed by atoms with Gasteiger partial charge < -0.3 is 26.7 Å². The predicted octanol–water partition coefficient (Wildman–Crippen LogP) is 5.50. The molecular weight excluding hydrogens is 462 g/mol. The smallest absolute Gasteiger partial charge is 0.396 e. The average Bonchev–Trinajstić information content (AvgIpc) is 2.73. The van der Waals surface area contributed by atoms with Crippen molar-refractivity contribution in [2.24, 2.45) is 0 Å². The third-order valence-electron chi connectivity index (χ3n) is 5.37. The van der Waals surface area contributed by atoms with Gasteiger partial charge in [-0.05, 0) is 6.42 Å². The van der Waals surface area contributed by atoms with Gasteiger partial charge in [0.2, 0.25) is 0 Å². The fourth-order valence-electron chi connectivity index (χ4n) is 3.44. The first kappa shape index (κ1) is 41.8. The van der Waals surface area contributed by atoms with Crippen LogP contribution >= 0.6 is 7.82 Å². The Labute approximate surface area is 250 Å². The zero-order chi connectivity index (χ0) is 24.8. The molecule has 0 atom stereocenters. The van der Waals surface area contributed by atoms with E-state index in [2.05, 4.69) is 20.8 Å². The van der Waals surface area contributed by atoms with Crippen molar-refractivity contribution < 1.29 is 75.7 Å². The van der Waals surface area contributed by atoms with E-state index in [9.17, 15) is 0 Å². The molecule has 5 nitrogen and oxygen atoms in total. The molecule has 0 aliphatic heterocycles. The summed E-state index contributed by atoms with van der Waals surface area (Å²) in [4.78, 5) is 21.6. The van der Waals surface area contributed by atoms with Gasteiger partial charge in [0.15, 0.2) is 0 Å². The summed E-state index contributed by atoms with van der Waals surface area (Å²) in [6, 6.07) is 0. The Morgan fingerprint density at radius 3 is 0.939 bits per heavy atom. The van der Waals surface area contributed by atoms with Crippen LogP contribution in [0.15, 0.2) is 0 Å². The standard InChI is InChI=1S/C14H30O.C12H25.K.H3O4P/c1-2-3-4-5-6-7-8-9-10-11-12-13-14-15;1-3-5-7-9-11-12-10-8-6-4-2;;1-5(2,3)4/h15H,2-14H2,1H3;1,3-12H2,2H3;;(H3,1,2,3,4)/q;-1;+1;. The van der Waals surface area contributed by atoms with Crippen LogP contribution in [-0.2, 0) is 4.57 Å². The summed E-state index contributed by atoms with van der Waals surface area (Å²) in [5, 5.41) is 8.61. The Balaban J connectivity index is -0.000000209. The van der Waals surface area contributed by atoms with Gasteiger partial charge in [-0.15, -0.1) is 0 Å². The van der Waals surface area contributed by atoms with E-state index >= 15 is 0 Å². The molecule has 0 saturated heterocycles. The van der Waals surface area contributed by atoms with Crippen molar-refractivity contribution in [3.8, 4) is 0 Å². The molecule has 0 heterocycles. The minimum atomic E-state index is -4.64. The van der Waals surface area contributed by atoms with E-state index in [0.29, 0.717) is 6.61 Å². The molecule has 7 heteroatoms. The SMILES string of the molecule is CCCCCCCCCCCCCCO.O=P(O)(O)O.[CH2-]CCCCCCCCCCC.[K+]. The molecule has 0 saturated carbocycles. The summed E-state index contributed by atoms with van der Waals surface area (Å²) in [7, 11) is -4.64. The minimum Gasteiger partial charge on any atom is -0.396 e. The summed E-state index contributed by atoms with van der Waals surface area (Å²) in [6.45, 7) is 8.76. The third-order valence-corrected chi connectivity index (χ3v) is 5.37. The molecule has 0 aromatic carbocycles. The van der Waals surface area contributed by atoms with Crippen molar-refractivity contribution in [1.29, 1.82) is 0 Å². The van der Waals surface area contributed by atoms with E-state index in [1.807, 2.05) is 0 Å². The van der Waals surface area contributed by atoms with Gasteiger partial charge in [-0.3, -0.25) is 0 Å². The van der Waals surface area contributed by atoms with Crippen molar-refractivity contribution in [2.75, 3.05) is 6.61 Å². The van der Waals surface area contributed by atoms with E-state index in [1.165, 1.54) is 128 Å². The molecule has 0 spiro atoms. The van der Waals surface area contributed by atoms with E-state index in [4.69, 9.17) is 24.4 Å². The molecule has 33 heavy (non-hydrogen) atoms. The van der Waals surface area contributed by atoms with Crippen molar-refractivity contribution >= 4 is 7.82 Å². The molecule has 0 amide bonds. The van der Waals surface area contributed by atoms with Crippen LogP contribution in [-0.4, -0.2) is 26.4 Å². The predicted molar refractivity (Wildman–Crippen MR) is 140 cm³/mol. The van der Waals surface area contributed by atoms with Gasteiger partial charge >= 0.3 is 59.2 Å². The van der Waals surface area contributed by atoms with Crippen LogP contribution < -0.4 is 51.4 Å². The second kappa shape index (κ2) is 38.2. The number of aliphatic hydroxyl groups is 1. The molecule has 0 aromatic rings. The van der Waals surface area contributed by atoms with Gasteiger partial charge in [-0.1, -0.05) is 142 Å². The Morgan fingerprint density at radius 2 is 0.727 bits per heavy atom. The first-order chi connectivity index (χ1) is 15.3. The quantitative estimate of drug-likeness (QED) is 0.0694. The maximum atomic E-state index is 8.88. The molecule has 0 aliphatic carbocycles. The van der Waals surface area contributed by atoms with Crippen LogP contribution in [0.5, 0.6) is 0 Å². The van der Waals surface area contributed by atoms with E-state index in [-0.39, 0.29) is 51.4 Å². The molecule has 198 valence electrons. The number of unbranched alkanes of at least 4 members (excludes halogenated alkanes) is 20. The number of rotatable bonds is 21. The van der Waals surface area contributed by atoms with Gasteiger partial charge in [0.25, 0.3) is 0 Å². The zero-order valence-corrected chi connectivity index (χ0v) is 26.6.